The monoisotopic (exact) mass is 266 g/mol. The highest BCUT2D eigenvalue weighted by atomic mass is 15.3. The summed E-state index contributed by atoms with van der Waals surface area (Å²) in [5, 5.41) is 0. The van der Waals surface area contributed by atoms with Gasteiger partial charge in [0.1, 0.15) is 0 Å². The summed E-state index contributed by atoms with van der Waals surface area (Å²) in [6.45, 7) is 5.78. The van der Waals surface area contributed by atoms with Gasteiger partial charge in [-0.3, -0.25) is 9.80 Å². The third-order valence-electron chi connectivity index (χ3n) is 5.60. The first kappa shape index (κ1) is 13.8. The quantitative estimate of drug-likeness (QED) is 0.807. The summed E-state index contributed by atoms with van der Waals surface area (Å²) >= 11 is 0. The van der Waals surface area contributed by atoms with Crippen molar-refractivity contribution in [3.05, 3.63) is 0 Å². The van der Waals surface area contributed by atoms with Gasteiger partial charge in [0.2, 0.25) is 0 Å². The van der Waals surface area contributed by atoms with Crippen LogP contribution in [0.5, 0.6) is 0 Å². The van der Waals surface area contributed by atoms with E-state index in [0.29, 0.717) is 6.04 Å². The Morgan fingerprint density at radius 2 is 2.00 bits per heavy atom. The molecule has 110 valence electrons. The number of hydrogen-bond acceptors (Lipinski definition) is 4. The van der Waals surface area contributed by atoms with Crippen molar-refractivity contribution < 1.29 is 0 Å². The number of hydrogen-bond donors (Lipinski definition) is 1. The Bertz CT molecular complexity index is 315. The average molecular weight is 266 g/mol. The molecule has 4 nitrogen and oxygen atoms in total. The predicted octanol–water partition coefficient (Wildman–Crippen LogP) is 0.578. The number of likely N-dealkylation sites (tertiary alicyclic amines) is 2. The van der Waals surface area contributed by atoms with Crippen LogP contribution in [0.1, 0.15) is 32.1 Å². The summed E-state index contributed by atoms with van der Waals surface area (Å²) in [6.07, 6.45) is 6.78. The first-order valence-electron chi connectivity index (χ1n) is 8.00. The zero-order valence-corrected chi connectivity index (χ0v) is 12.6. The van der Waals surface area contributed by atoms with Crippen molar-refractivity contribution in [2.75, 3.05) is 46.8 Å². The van der Waals surface area contributed by atoms with Crippen LogP contribution in [0.2, 0.25) is 0 Å². The number of nitrogens with two attached hydrogens (primary N) is 1. The summed E-state index contributed by atoms with van der Waals surface area (Å²) in [6, 6.07) is 1.61. The molecule has 2 atom stereocenters. The van der Waals surface area contributed by atoms with Gasteiger partial charge in [-0.05, 0) is 52.7 Å². The van der Waals surface area contributed by atoms with E-state index in [0.717, 1.165) is 12.6 Å². The van der Waals surface area contributed by atoms with Crippen LogP contribution >= 0.6 is 0 Å². The molecule has 0 aromatic carbocycles. The van der Waals surface area contributed by atoms with Crippen molar-refractivity contribution in [1.29, 1.82) is 0 Å². The van der Waals surface area contributed by atoms with E-state index in [1.54, 1.807) is 0 Å². The Morgan fingerprint density at radius 3 is 2.63 bits per heavy atom. The van der Waals surface area contributed by atoms with Crippen molar-refractivity contribution >= 4 is 0 Å². The fourth-order valence-corrected chi connectivity index (χ4v) is 4.00. The Labute approximate surface area is 117 Å². The maximum atomic E-state index is 6.22. The fraction of sp³-hybridized carbons (Fsp3) is 1.00. The Hall–Kier alpha value is -0.160. The molecule has 2 aliphatic heterocycles. The molecule has 1 saturated carbocycles. The SMILES string of the molecule is CN(C)C1CCCN(C2(CN)CCN(C3CC3)C2)C1. The lowest BCUT2D eigenvalue weighted by Gasteiger charge is -2.46. The number of nitrogens with zero attached hydrogens (tertiary/aromatic N) is 3. The second kappa shape index (κ2) is 5.32. The summed E-state index contributed by atoms with van der Waals surface area (Å²) in [7, 11) is 4.43. The minimum atomic E-state index is 0.275. The molecule has 3 aliphatic rings. The van der Waals surface area contributed by atoms with Gasteiger partial charge in [0.25, 0.3) is 0 Å². The van der Waals surface area contributed by atoms with Crippen LogP contribution in [-0.4, -0.2) is 79.1 Å². The minimum Gasteiger partial charge on any atom is -0.329 e. The summed E-state index contributed by atoms with van der Waals surface area (Å²) in [5.41, 5.74) is 6.50. The van der Waals surface area contributed by atoms with Gasteiger partial charge in [-0.1, -0.05) is 0 Å². The van der Waals surface area contributed by atoms with Gasteiger partial charge < -0.3 is 10.6 Å². The van der Waals surface area contributed by atoms with E-state index >= 15 is 0 Å². The predicted molar refractivity (Wildman–Crippen MR) is 79.3 cm³/mol. The molecule has 0 aromatic heterocycles. The topological polar surface area (TPSA) is 35.7 Å². The minimum absolute atomic E-state index is 0.275. The second-order valence-electron chi connectivity index (χ2n) is 7.09. The van der Waals surface area contributed by atoms with Crippen LogP contribution < -0.4 is 5.73 Å². The standard InChI is InChI=1S/C15H30N4/c1-17(2)14-4-3-8-19(10-14)15(11-16)7-9-18(12-15)13-5-6-13/h13-14H,3-12,16H2,1-2H3. The number of likely N-dealkylation sites (N-methyl/N-ethyl adjacent to an activating group) is 1. The normalized spacial score (nSPS) is 38.2. The van der Waals surface area contributed by atoms with E-state index in [4.69, 9.17) is 5.73 Å². The Morgan fingerprint density at radius 1 is 1.21 bits per heavy atom. The lowest BCUT2D eigenvalue weighted by atomic mass is 9.91. The Balaban J connectivity index is 1.67. The van der Waals surface area contributed by atoms with Crippen molar-refractivity contribution in [1.82, 2.24) is 14.7 Å². The maximum Gasteiger partial charge on any atom is 0.0471 e. The zero-order valence-electron chi connectivity index (χ0n) is 12.6. The van der Waals surface area contributed by atoms with Crippen LogP contribution in [0.3, 0.4) is 0 Å². The molecule has 0 radical (unpaired) electrons. The molecule has 2 saturated heterocycles. The van der Waals surface area contributed by atoms with Gasteiger partial charge in [-0.2, -0.15) is 0 Å². The van der Waals surface area contributed by atoms with Crippen LogP contribution in [0.25, 0.3) is 0 Å². The van der Waals surface area contributed by atoms with Crippen molar-refractivity contribution in [3.8, 4) is 0 Å². The lowest BCUT2D eigenvalue weighted by molar-refractivity contribution is 0.0391. The van der Waals surface area contributed by atoms with Crippen LogP contribution in [-0.2, 0) is 0 Å². The lowest BCUT2D eigenvalue weighted by Crippen LogP contribution is -2.60. The van der Waals surface area contributed by atoms with Crippen LogP contribution in [0.4, 0.5) is 0 Å². The molecule has 2 N–H and O–H groups in total. The molecule has 2 unspecified atom stereocenters. The molecule has 19 heavy (non-hydrogen) atoms. The summed E-state index contributed by atoms with van der Waals surface area (Å²) < 4.78 is 0. The average Bonchev–Trinajstić information content (AvgIpc) is 3.19. The summed E-state index contributed by atoms with van der Waals surface area (Å²) in [5.74, 6) is 0. The molecule has 0 aromatic rings. The largest absolute Gasteiger partial charge is 0.329 e. The van der Waals surface area contributed by atoms with Crippen LogP contribution in [0, 0.1) is 0 Å². The highest BCUT2D eigenvalue weighted by Crippen LogP contribution is 2.37. The molecule has 0 amide bonds. The smallest absolute Gasteiger partial charge is 0.0471 e. The van der Waals surface area contributed by atoms with Gasteiger partial charge in [0.05, 0.1) is 0 Å². The molecule has 0 spiro atoms. The van der Waals surface area contributed by atoms with Crippen LogP contribution in [0.15, 0.2) is 0 Å². The van der Waals surface area contributed by atoms with E-state index in [1.807, 2.05) is 0 Å². The number of piperidine rings is 1. The van der Waals surface area contributed by atoms with Gasteiger partial charge in [-0.25, -0.2) is 0 Å². The number of rotatable bonds is 4. The van der Waals surface area contributed by atoms with E-state index in [2.05, 4.69) is 28.8 Å². The van der Waals surface area contributed by atoms with E-state index in [-0.39, 0.29) is 5.54 Å². The molecular formula is C15H30N4. The highest BCUT2D eigenvalue weighted by molar-refractivity contribution is 5.05. The van der Waals surface area contributed by atoms with Crippen molar-refractivity contribution in [3.63, 3.8) is 0 Å². The van der Waals surface area contributed by atoms with E-state index in [9.17, 15) is 0 Å². The third kappa shape index (κ3) is 2.68. The highest BCUT2D eigenvalue weighted by Gasteiger charge is 2.46. The molecule has 0 bridgehead atoms. The van der Waals surface area contributed by atoms with Gasteiger partial charge in [0, 0.05) is 43.8 Å². The second-order valence-corrected chi connectivity index (χ2v) is 7.09. The van der Waals surface area contributed by atoms with E-state index in [1.165, 1.54) is 58.3 Å². The maximum absolute atomic E-state index is 6.22. The third-order valence-corrected chi connectivity index (χ3v) is 5.60. The zero-order chi connectivity index (χ0) is 13.5. The fourth-order valence-electron chi connectivity index (χ4n) is 4.00. The van der Waals surface area contributed by atoms with Gasteiger partial charge >= 0.3 is 0 Å². The van der Waals surface area contributed by atoms with Gasteiger partial charge in [0.15, 0.2) is 0 Å². The van der Waals surface area contributed by atoms with Crippen molar-refractivity contribution in [2.45, 2.75) is 49.7 Å². The molecule has 3 rings (SSSR count). The van der Waals surface area contributed by atoms with Gasteiger partial charge in [-0.15, -0.1) is 0 Å². The first-order chi connectivity index (χ1) is 9.14. The molecule has 1 aliphatic carbocycles. The molecular weight excluding hydrogens is 236 g/mol. The Kier molecular flexibility index (Phi) is 3.87. The van der Waals surface area contributed by atoms with Crippen molar-refractivity contribution in [2.24, 2.45) is 5.73 Å². The summed E-state index contributed by atoms with van der Waals surface area (Å²) in [4.78, 5) is 7.82. The molecule has 2 heterocycles. The molecule has 4 heteroatoms. The molecule has 3 fully saturated rings. The first-order valence-corrected chi connectivity index (χ1v) is 8.00. The van der Waals surface area contributed by atoms with E-state index < -0.39 is 0 Å².